The number of hydrogen-bond donors (Lipinski definition) is 0. The Hall–Kier alpha value is -2.06. The fraction of sp³-hybridized carbons (Fsp3) is 0.615. The second-order valence-corrected chi connectivity index (χ2v) is 16.0. The van der Waals surface area contributed by atoms with E-state index in [-0.39, 0.29) is 18.5 Å². The molecule has 0 saturated carbocycles. The highest BCUT2D eigenvalue weighted by Crippen LogP contribution is 2.25. The Bertz CT molecular complexity index is 882. The molecule has 0 spiro atoms. The molecule has 5 heteroatoms. The van der Waals surface area contributed by atoms with Crippen LogP contribution >= 0.6 is 0 Å². The van der Waals surface area contributed by atoms with E-state index in [1.54, 1.807) is 0 Å². The highest BCUT2D eigenvalue weighted by atomic mass is 28.3. The molecule has 0 amide bonds. The zero-order valence-electron chi connectivity index (χ0n) is 21.3. The molecule has 0 aromatic heterocycles. The first-order valence-corrected chi connectivity index (χ1v) is 14.4. The molecule has 0 radical (unpaired) electrons. The molecule has 0 aliphatic rings. The Balaban J connectivity index is 3.26. The Kier molecular flexibility index (Phi) is 8.73. The van der Waals surface area contributed by atoms with Gasteiger partial charge in [-0.25, -0.2) is 0 Å². The third kappa shape index (κ3) is 8.53. The highest BCUT2D eigenvalue weighted by molar-refractivity contribution is 6.83. The van der Waals surface area contributed by atoms with E-state index < -0.39 is 18.9 Å². The van der Waals surface area contributed by atoms with Gasteiger partial charge in [-0.05, 0) is 72.1 Å². The Labute approximate surface area is 190 Å². The molecule has 0 N–H and O–H groups in total. The predicted octanol–water partition coefficient (Wildman–Crippen LogP) is 5.75. The first-order valence-electron chi connectivity index (χ1n) is 10.9. The summed E-state index contributed by atoms with van der Waals surface area (Å²) < 4.78 is 11.1. The summed E-state index contributed by atoms with van der Waals surface area (Å²) in [5, 5.41) is 0. The minimum Gasteiger partial charge on any atom is -0.465 e. The summed E-state index contributed by atoms with van der Waals surface area (Å²) in [4.78, 5) is 24.4. The molecule has 1 aromatic rings. The number of benzene rings is 1. The van der Waals surface area contributed by atoms with Crippen molar-refractivity contribution in [3.05, 3.63) is 33.9 Å². The molecule has 0 unspecified atom stereocenters. The molecular formula is C26H40O4Si. The van der Waals surface area contributed by atoms with Gasteiger partial charge >= 0.3 is 11.9 Å². The van der Waals surface area contributed by atoms with Crippen LogP contribution in [-0.4, -0.2) is 26.6 Å². The van der Waals surface area contributed by atoms with Crippen LogP contribution in [0, 0.1) is 36.1 Å². The van der Waals surface area contributed by atoms with Crippen molar-refractivity contribution in [3.8, 4) is 11.5 Å². The van der Waals surface area contributed by atoms with Crippen molar-refractivity contribution in [2.24, 2.45) is 10.8 Å². The maximum absolute atomic E-state index is 12.3. The zero-order valence-corrected chi connectivity index (χ0v) is 22.3. The summed E-state index contributed by atoms with van der Waals surface area (Å²) in [6.07, 6.45) is 0.628. The molecule has 0 aliphatic heterocycles. The molecule has 0 atom stereocenters. The quantitative estimate of drug-likeness (QED) is 0.329. The van der Waals surface area contributed by atoms with Crippen molar-refractivity contribution in [3.63, 3.8) is 0 Å². The number of ether oxygens (including phenoxy) is 2. The fourth-order valence-electron chi connectivity index (χ4n) is 2.85. The first-order chi connectivity index (χ1) is 13.9. The molecule has 1 rings (SSSR count). The van der Waals surface area contributed by atoms with Crippen LogP contribution in [-0.2, 0) is 32.1 Å². The summed E-state index contributed by atoms with van der Waals surface area (Å²) in [5.74, 6) is 2.95. The summed E-state index contributed by atoms with van der Waals surface area (Å²) in [6.45, 7) is 22.3. The van der Waals surface area contributed by atoms with Gasteiger partial charge in [-0.15, -0.1) is 5.54 Å². The molecule has 0 aliphatic carbocycles. The Morgan fingerprint density at radius 2 is 1.45 bits per heavy atom. The van der Waals surface area contributed by atoms with Crippen LogP contribution in [0.2, 0.25) is 19.6 Å². The Morgan fingerprint density at radius 1 is 0.935 bits per heavy atom. The average Bonchev–Trinajstić information content (AvgIpc) is 2.58. The molecule has 0 bridgehead atoms. The molecule has 1 aromatic carbocycles. The smallest absolute Gasteiger partial charge is 0.311 e. The maximum Gasteiger partial charge on any atom is 0.311 e. The van der Waals surface area contributed by atoms with Gasteiger partial charge in [0.15, 0.2) is 0 Å². The molecule has 31 heavy (non-hydrogen) atoms. The van der Waals surface area contributed by atoms with E-state index in [0.29, 0.717) is 13.0 Å². The van der Waals surface area contributed by atoms with E-state index in [1.807, 2.05) is 48.5 Å². The van der Waals surface area contributed by atoms with Gasteiger partial charge in [0.05, 0.1) is 17.4 Å². The van der Waals surface area contributed by atoms with Crippen molar-refractivity contribution in [1.82, 2.24) is 0 Å². The van der Waals surface area contributed by atoms with Gasteiger partial charge in [0.25, 0.3) is 0 Å². The van der Waals surface area contributed by atoms with Crippen LogP contribution in [0.1, 0.15) is 69.4 Å². The van der Waals surface area contributed by atoms with Crippen LogP contribution in [0.15, 0.2) is 6.07 Å². The second kappa shape index (κ2) is 10.0. The fourth-order valence-corrected chi connectivity index (χ4v) is 3.35. The van der Waals surface area contributed by atoms with Crippen LogP contribution in [0.4, 0.5) is 0 Å². The lowest BCUT2D eigenvalue weighted by atomic mass is 9.91. The lowest BCUT2D eigenvalue weighted by Gasteiger charge is -2.20. The van der Waals surface area contributed by atoms with Gasteiger partial charge in [-0.2, -0.15) is 0 Å². The predicted molar refractivity (Wildman–Crippen MR) is 130 cm³/mol. The molecule has 172 valence electrons. The van der Waals surface area contributed by atoms with E-state index in [9.17, 15) is 9.59 Å². The van der Waals surface area contributed by atoms with Gasteiger partial charge in [0, 0.05) is 17.5 Å². The SMILES string of the molecule is Cc1cc(COC(=O)C(C)(C)C)c(C#C[Si](C)(C)C)c(C)c1CCOC(=O)C(C)(C)C. The second-order valence-electron chi connectivity index (χ2n) is 11.3. The zero-order chi connectivity index (χ0) is 24.2. The normalized spacial score (nSPS) is 12.1. The minimum absolute atomic E-state index is 0.201. The van der Waals surface area contributed by atoms with Gasteiger partial charge in [-0.3, -0.25) is 9.59 Å². The summed E-state index contributed by atoms with van der Waals surface area (Å²) in [5.41, 5.74) is 7.51. The topological polar surface area (TPSA) is 52.6 Å². The lowest BCUT2D eigenvalue weighted by Crippen LogP contribution is -2.24. The number of esters is 2. The van der Waals surface area contributed by atoms with Gasteiger partial charge < -0.3 is 9.47 Å². The van der Waals surface area contributed by atoms with Crippen LogP contribution in [0.3, 0.4) is 0 Å². The third-order valence-corrected chi connectivity index (χ3v) is 5.62. The molecule has 4 nitrogen and oxygen atoms in total. The monoisotopic (exact) mass is 444 g/mol. The van der Waals surface area contributed by atoms with E-state index in [4.69, 9.17) is 9.47 Å². The number of rotatable bonds is 5. The van der Waals surface area contributed by atoms with E-state index in [1.165, 1.54) is 0 Å². The molecule has 0 heterocycles. The van der Waals surface area contributed by atoms with Gasteiger partial charge in [0.1, 0.15) is 14.7 Å². The molecular weight excluding hydrogens is 404 g/mol. The summed E-state index contributed by atoms with van der Waals surface area (Å²) in [7, 11) is -1.59. The largest absolute Gasteiger partial charge is 0.465 e. The number of carbonyl (C=O) groups excluding carboxylic acids is 2. The van der Waals surface area contributed by atoms with Crippen molar-refractivity contribution in [2.75, 3.05) is 6.61 Å². The number of hydrogen-bond acceptors (Lipinski definition) is 4. The van der Waals surface area contributed by atoms with Crippen molar-refractivity contribution < 1.29 is 19.1 Å². The van der Waals surface area contributed by atoms with Crippen molar-refractivity contribution in [2.45, 2.75) is 88.1 Å². The minimum atomic E-state index is -1.59. The first kappa shape index (κ1) is 27.0. The van der Waals surface area contributed by atoms with Crippen LogP contribution in [0.5, 0.6) is 0 Å². The molecule has 0 saturated heterocycles. The van der Waals surface area contributed by atoms with E-state index in [2.05, 4.69) is 44.1 Å². The number of carbonyl (C=O) groups is 2. The van der Waals surface area contributed by atoms with Gasteiger partial charge in [0.2, 0.25) is 0 Å². The summed E-state index contributed by atoms with van der Waals surface area (Å²) in [6, 6.07) is 2.05. The Morgan fingerprint density at radius 3 is 1.94 bits per heavy atom. The van der Waals surface area contributed by atoms with E-state index in [0.717, 1.165) is 27.8 Å². The average molecular weight is 445 g/mol. The number of aryl methyl sites for hydroxylation is 1. The third-order valence-electron chi connectivity index (χ3n) is 4.75. The van der Waals surface area contributed by atoms with E-state index >= 15 is 0 Å². The highest BCUT2D eigenvalue weighted by Gasteiger charge is 2.25. The standard InChI is InChI=1S/C26H40O4Si/c1-18-16-20(17-30-24(28)26(6,7)8)22(13-15-31(9,10)11)19(2)21(18)12-14-29-23(27)25(3,4)5/h16H,12,14,17H2,1-11H3. The maximum atomic E-state index is 12.3. The van der Waals surface area contributed by atoms with Gasteiger partial charge in [-0.1, -0.05) is 31.6 Å². The van der Waals surface area contributed by atoms with Crippen molar-refractivity contribution in [1.29, 1.82) is 0 Å². The van der Waals surface area contributed by atoms with Crippen molar-refractivity contribution >= 4 is 20.0 Å². The van der Waals surface area contributed by atoms with Crippen LogP contribution in [0.25, 0.3) is 0 Å². The molecule has 0 fully saturated rings. The lowest BCUT2D eigenvalue weighted by molar-refractivity contribution is -0.154. The van der Waals surface area contributed by atoms with Crippen LogP contribution < -0.4 is 0 Å². The summed E-state index contributed by atoms with van der Waals surface area (Å²) >= 11 is 0.